The standard InChI is InChI=1S/C56H38N12/c1-32-58-33(2)61-54(60-32)39-23-25-47-43(29-39)41-19-11-13-21-45(41)67(47)49-27-36(31-57)28-50(51(49)56-65-52(37-15-7-5-8-16-37)64-53(66-56)38-17-9-6-10-18-38)68-46-22-14-12-20-42(46)44-30-40(24-26-48(44)68)55-62-34(3)59-35(4)63-55/h5-30H,1-4H3. The Balaban J connectivity index is 1.22. The van der Waals surface area contributed by atoms with Crippen molar-refractivity contribution in [2.24, 2.45) is 0 Å². The van der Waals surface area contributed by atoms with Crippen LogP contribution in [-0.2, 0) is 0 Å². The number of aromatic nitrogens is 11. The Morgan fingerprint density at radius 3 is 1.13 bits per heavy atom. The number of nitrogens with zero attached hydrogens (tertiary/aromatic N) is 12. The maximum atomic E-state index is 11.0. The minimum Gasteiger partial charge on any atom is -0.308 e. The second kappa shape index (κ2) is 16.0. The topological polar surface area (TPSA) is 150 Å². The van der Waals surface area contributed by atoms with Crippen molar-refractivity contribution in [3.63, 3.8) is 0 Å². The van der Waals surface area contributed by atoms with E-state index in [1.807, 2.05) is 137 Å². The molecule has 5 aromatic heterocycles. The lowest BCUT2D eigenvalue weighted by atomic mass is 10.0. The van der Waals surface area contributed by atoms with E-state index in [0.29, 0.717) is 74.9 Å². The van der Waals surface area contributed by atoms with Crippen LogP contribution in [0.5, 0.6) is 0 Å². The van der Waals surface area contributed by atoms with Crippen LogP contribution in [0.25, 0.3) is 112 Å². The molecule has 0 spiro atoms. The van der Waals surface area contributed by atoms with Crippen LogP contribution >= 0.6 is 0 Å². The molecule has 0 atom stereocenters. The van der Waals surface area contributed by atoms with Gasteiger partial charge in [-0.3, -0.25) is 0 Å². The monoisotopic (exact) mass is 878 g/mol. The molecule has 0 radical (unpaired) electrons. The highest BCUT2D eigenvalue weighted by Gasteiger charge is 2.27. The minimum atomic E-state index is 0.435. The number of benzene rings is 7. The highest BCUT2D eigenvalue weighted by Crippen LogP contribution is 2.43. The lowest BCUT2D eigenvalue weighted by Crippen LogP contribution is -2.08. The molecule has 0 bridgehead atoms. The summed E-state index contributed by atoms with van der Waals surface area (Å²) in [4.78, 5) is 43.6. The van der Waals surface area contributed by atoms with Crippen molar-refractivity contribution in [2.75, 3.05) is 0 Å². The highest BCUT2D eigenvalue weighted by atomic mass is 15.1. The molecular formula is C56H38N12. The lowest BCUT2D eigenvalue weighted by molar-refractivity contribution is 0.928. The average Bonchev–Trinajstić information content (AvgIpc) is 3.88. The molecular weight excluding hydrogens is 841 g/mol. The molecule has 12 nitrogen and oxygen atoms in total. The minimum absolute atomic E-state index is 0.435. The summed E-state index contributed by atoms with van der Waals surface area (Å²) in [5.41, 5.74) is 9.68. The van der Waals surface area contributed by atoms with Crippen molar-refractivity contribution in [1.82, 2.24) is 54.0 Å². The normalized spacial score (nSPS) is 11.5. The summed E-state index contributed by atoms with van der Waals surface area (Å²) in [5.74, 6) is 5.28. The van der Waals surface area contributed by atoms with Crippen molar-refractivity contribution in [3.05, 3.63) is 187 Å². The summed E-state index contributed by atoms with van der Waals surface area (Å²) in [6, 6.07) is 55.6. The van der Waals surface area contributed by atoms with Crippen LogP contribution in [0.15, 0.2) is 158 Å². The third-order valence-corrected chi connectivity index (χ3v) is 12.2. The van der Waals surface area contributed by atoms with Gasteiger partial charge in [-0.25, -0.2) is 44.9 Å². The molecule has 12 heteroatoms. The maximum absolute atomic E-state index is 11.0. The first-order chi connectivity index (χ1) is 33.3. The van der Waals surface area contributed by atoms with Crippen molar-refractivity contribution in [2.45, 2.75) is 27.7 Å². The quantitative estimate of drug-likeness (QED) is 0.151. The van der Waals surface area contributed by atoms with E-state index in [2.05, 4.69) is 73.7 Å². The van der Waals surface area contributed by atoms with Crippen LogP contribution in [-0.4, -0.2) is 54.0 Å². The lowest BCUT2D eigenvalue weighted by Gasteiger charge is -2.20. The predicted octanol–water partition coefficient (Wildman–Crippen LogP) is 11.9. The second-order valence-electron chi connectivity index (χ2n) is 16.7. The highest BCUT2D eigenvalue weighted by molar-refractivity contribution is 6.13. The third-order valence-electron chi connectivity index (χ3n) is 12.2. The number of fused-ring (bicyclic) bond motifs is 6. The molecule has 0 amide bonds. The van der Waals surface area contributed by atoms with Gasteiger partial charge >= 0.3 is 0 Å². The molecule has 12 rings (SSSR count). The van der Waals surface area contributed by atoms with E-state index in [9.17, 15) is 5.26 Å². The Labute approximate surface area is 390 Å². The van der Waals surface area contributed by atoms with Gasteiger partial charge in [0.1, 0.15) is 23.3 Å². The summed E-state index contributed by atoms with van der Waals surface area (Å²) in [5, 5.41) is 15.1. The zero-order valence-electron chi connectivity index (χ0n) is 37.4. The number of hydrogen-bond acceptors (Lipinski definition) is 10. The van der Waals surface area contributed by atoms with Gasteiger partial charge in [0.25, 0.3) is 0 Å². The fourth-order valence-corrected chi connectivity index (χ4v) is 9.41. The maximum Gasteiger partial charge on any atom is 0.168 e. The van der Waals surface area contributed by atoms with Gasteiger partial charge in [-0.1, -0.05) is 97.1 Å². The molecule has 0 N–H and O–H groups in total. The number of aryl methyl sites for hydroxylation is 4. The smallest absolute Gasteiger partial charge is 0.168 e. The van der Waals surface area contributed by atoms with Gasteiger partial charge in [0, 0.05) is 43.8 Å². The predicted molar refractivity (Wildman–Crippen MR) is 266 cm³/mol. The van der Waals surface area contributed by atoms with Crippen LogP contribution in [0.2, 0.25) is 0 Å². The fraction of sp³-hybridized carbons (Fsp3) is 0.0714. The van der Waals surface area contributed by atoms with E-state index in [4.69, 9.17) is 34.9 Å². The van der Waals surface area contributed by atoms with Gasteiger partial charge in [-0.2, -0.15) is 5.26 Å². The number of hydrogen-bond donors (Lipinski definition) is 0. The first-order valence-electron chi connectivity index (χ1n) is 22.2. The van der Waals surface area contributed by atoms with Crippen LogP contribution in [0, 0.1) is 39.0 Å². The van der Waals surface area contributed by atoms with Gasteiger partial charge in [-0.05, 0) is 88.4 Å². The zero-order chi connectivity index (χ0) is 46.0. The van der Waals surface area contributed by atoms with Gasteiger partial charge in [0.2, 0.25) is 0 Å². The summed E-state index contributed by atoms with van der Waals surface area (Å²) in [6.07, 6.45) is 0. The molecule has 0 saturated carbocycles. The summed E-state index contributed by atoms with van der Waals surface area (Å²) in [7, 11) is 0. The molecule has 0 unspecified atom stereocenters. The van der Waals surface area contributed by atoms with Gasteiger partial charge < -0.3 is 9.13 Å². The summed E-state index contributed by atoms with van der Waals surface area (Å²) in [6.45, 7) is 7.52. The third kappa shape index (κ3) is 6.80. The van der Waals surface area contributed by atoms with E-state index < -0.39 is 0 Å². The Morgan fingerprint density at radius 1 is 0.338 bits per heavy atom. The van der Waals surface area contributed by atoms with Crippen LogP contribution in [0.3, 0.4) is 0 Å². The molecule has 0 aliphatic carbocycles. The van der Waals surface area contributed by atoms with Gasteiger partial charge in [0.05, 0.1) is 50.6 Å². The summed E-state index contributed by atoms with van der Waals surface area (Å²) >= 11 is 0. The number of para-hydroxylation sites is 2. The summed E-state index contributed by atoms with van der Waals surface area (Å²) < 4.78 is 4.45. The SMILES string of the molecule is Cc1nc(C)nc(-c2ccc3c(c2)c2ccccc2n3-c2cc(C#N)cc(-n3c4ccccc4c4cc(-c5nc(C)nc(C)n5)ccc43)c2-c2nc(-c3ccccc3)nc(-c3ccccc3)n2)n1. The average molecular weight is 879 g/mol. The Kier molecular flexibility index (Phi) is 9.44. The number of rotatable bonds is 7. The van der Waals surface area contributed by atoms with Crippen LogP contribution < -0.4 is 0 Å². The Morgan fingerprint density at radius 2 is 0.706 bits per heavy atom. The van der Waals surface area contributed by atoms with Crippen molar-refractivity contribution < 1.29 is 0 Å². The molecule has 0 aliphatic heterocycles. The van der Waals surface area contributed by atoms with Gasteiger partial charge in [-0.15, -0.1) is 0 Å². The second-order valence-corrected chi connectivity index (χ2v) is 16.7. The van der Waals surface area contributed by atoms with E-state index in [-0.39, 0.29) is 0 Å². The first-order valence-corrected chi connectivity index (χ1v) is 22.2. The molecule has 12 aromatic rings. The molecule has 0 aliphatic rings. The van der Waals surface area contributed by atoms with Crippen molar-refractivity contribution in [1.29, 1.82) is 5.26 Å². The molecule has 68 heavy (non-hydrogen) atoms. The van der Waals surface area contributed by atoms with E-state index in [1.165, 1.54) is 0 Å². The van der Waals surface area contributed by atoms with Crippen LogP contribution in [0.1, 0.15) is 28.9 Å². The number of nitriles is 1. The Hall–Kier alpha value is -9.34. The van der Waals surface area contributed by atoms with E-state index in [0.717, 1.165) is 65.9 Å². The zero-order valence-corrected chi connectivity index (χ0v) is 37.4. The van der Waals surface area contributed by atoms with E-state index >= 15 is 0 Å². The van der Waals surface area contributed by atoms with E-state index in [1.54, 1.807) is 0 Å². The molecule has 0 saturated heterocycles. The Bertz CT molecular complexity index is 3750. The molecule has 7 aromatic carbocycles. The molecule has 322 valence electrons. The van der Waals surface area contributed by atoms with Crippen molar-refractivity contribution >= 4 is 43.6 Å². The first kappa shape index (κ1) is 40.2. The van der Waals surface area contributed by atoms with Crippen molar-refractivity contribution in [3.8, 4) is 74.4 Å². The van der Waals surface area contributed by atoms with Crippen LogP contribution in [0.4, 0.5) is 0 Å². The molecule has 5 heterocycles. The molecule has 0 fully saturated rings. The largest absolute Gasteiger partial charge is 0.308 e. The van der Waals surface area contributed by atoms with Gasteiger partial charge in [0.15, 0.2) is 29.1 Å². The fourth-order valence-electron chi connectivity index (χ4n) is 9.41.